The van der Waals surface area contributed by atoms with Crippen LogP contribution in [0.2, 0.25) is 0 Å². The Morgan fingerprint density at radius 3 is 2.53 bits per heavy atom. The molecule has 6 nitrogen and oxygen atoms in total. The summed E-state index contributed by atoms with van der Waals surface area (Å²) in [5.74, 6) is -0.292. The monoisotopic (exact) mass is 284 g/mol. The van der Waals surface area contributed by atoms with Crippen LogP contribution in [0.1, 0.15) is 36.0 Å². The van der Waals surface area contributed by atoms with Crippen molar-refractivity contribution in [2.45, 2.75) is 26.4 Å². The Kier molecular flexibility index (Phi) is 4.66. The molecule has 1 rings (SSSR count). The van der Waals surface area contributed by atoms with Crippen LogP contribution in [0.15, 0.2) is 6.58 Å². The van der Waals surface area contributed by atoms with E-state index in [0.717, 1.165) is 11.5 Å². The van der Waals surface area contributed by atoms with Crippen LogP contribution in [0.3, 0.4) is 0 Å². The Bertz CT molecular complexity index is 502. The molecule has 0 radical (unpaired) electrons. The maximum atomic E-state index is 11.6. The fourth-order valence-electron chi connectivity index (χ4n) is 1.22. The second kappa shape index (κ2) is 5.83. The Hall–Kier alpha value is -1.89. The summed E-state index contributed by atoms with van der Waals surface area (Å²) in [5.41, 5.74) is -0.192. The molecule has 1 aromatic heterocycles. The molecule has 0 unspecified atom stereocenters. The first kappa shape index (κ1) is 15.2. The number of amides is 1. The third-order valence-corrected chi connectivity index (χ3v) is 2.77. The van der Waals surface area contributed by atoms with Gasteiger partial charge in [0.15, 0.2) is 5.82 Å². The Morgan fingerprint density at radius 1 is 1.42 bits per heavy atom. The first-order valence-electron chi connectivity index (χ1n) is 5.49. The van der Waals surface area contributed by atoms with Crippen molar-refractivity contribution in [3.63, 3.8) is 0 Å². The highest BCUT2D eigenvalue weighted by atomic mass is 32.1. The van der Waals surface area contributed by atoms with E-state index in [1.807, 2.05) is 0 Å². The number of aromatic nitrogens is 1. The molecule has 7 heteroatoms. The molecule has 0 saturated heterocycles. The molecule has 1 amide bonds. The average molecular weight is 284 g/mol. The quantitative estimate of drug-likeness (QED) is 0.863. The van der Waals surface area contributed by atoms with Gasteiger partial charge in [-0.15, -0.1) is 0 Å². The molecule has 0 spiro atoms. The molecule has 0 bridgehead atoms. The Labute approximate surface area is 115 Å². The van der Waals surface area contributed by atoms with Crippen molar-refractivity contribution in [2.75, 3.05) is 12.4 Å². The van der Waals surface area contributed by atoms with Gasteiger partial charge >= 0.3 is 12.1 Å². The molecule has 0 aliphatic rings. The third kappa shape index (κ3) is 4.06. The van der Waals surface area contributed by atoms with Crippen molar-refractivity contribution in [1.82, 2.24) is 4.37 Å². The fourth-order valence-corrected chi connectivity index (χ4v) is 1.98. The number of hydrogen-bond acceptors (Lipinski definition) is 6. The summed E-state index contributed by atoms with van der Waals surface area (Å²) in [7, 11) is 1.27. The summed E-state index contributed by atoms with van der Waals surface area (Å²) in [6, 6.07) is 0. The molecule has 1 N–H and O–H groups in total. The van der Waals surface area contributed by atoms with Gasteiger partial charge in [0.25, 0.3) is 0 Å². The van der Waals surface area contributed by atoms with Gasteiger partial charge in [0.1, 0.15) is 10.5 Å². The molecule has 0 fully saturated rings. The highest BCUT2D eigenvalue weighted by Gasteiger charge is 2.22. The average Bonchev–Trinajstić information content (AvgIpc) is 2.68. The van der Waals surface area contributed by atoms with E-state index in [2.05, 4.69) is 21.0 Å². The number of carbonyl (C=O) groups excluding carboxylic acids is 2. The SMILES string of the molecule is C=Cc1c(NC(=O)OC(C)(C)C)nsc1C(=O)OC. The van der Waals surface area contributed by atoms with Crippen LogP contribution in [0.5, 0.6) is 0 Å². The van der Waals surface area contributed by atoms with Crippen LogP contribution in [0.4, 0.5) is 10.6 Å². The lowest BCUT2D eigenvalue weighted by molar-refractivity contribution is 0.0601. The van der Waals surface area contributed by atoms with Crippen LogP contribution in [0, 0.1) is 0 Å². The predicted octanol–water partition coefficient (Wildman–Crippen LogP) is 2.92. The minimum absolute atomic E-state index is 0.231. The normalized spacial score (nSPS) is 10.7. The lowest BCUT2D eigenvalue weighted by Crippen LogP contribution is -2.27. The Morgan fingerprint density at radius 2 is 2.05 bits per heavy atom. The van der Waals surface area contributed by atoms with Crippen molar-refractivity contribution in [2.24, 2.45) is 0 Å². The number of anilines is 1. The molecule has 1 aromatic rings. The molecule has 0 saturated carbocycles. The number of nitrogens with zero attached hydrogens (tertiary/aromatic N) is 1. The van der Waals surface area contributed by atoms with Crippen LogP contribution < -0.4 is 5.32 Å². The molecule has 0 atom stereocenters. The van der Waals surface area contributed by atoms with E-state index in [9.17, 15) is 9.59 Å². The standard InChI is InChI=1S/C12H16N2O4S/c1-6-7-8(10(15)17-5)19-14-9(7)13-11(16)18-12(2,3)4/h6H,1H2,2-5H3,(H,13,14,16). The molecule has 104 valence electrons. The first-order chi connectivity index (χ1) is 8.78. The zero-order valence-electron chi connectivity index (χ0n) is 11.3. The van der Waals surface area contributed by atoms with Gasteiger partial charge in [-0.2, -0.15) is 4.37 Å². The Balaban J connectivity index is 2.91. The van der Waals surface area contributed by atoms with E-state index in [1.165, 1.54) is 13.2 Å². The van der Waals surface area contributed by atoms with Gasteiger partial charge in [0.05, 0.1) is 7.11 Å². The minimum Gasteiger partial charge on any atom is -0.465 e. The van der Waals surface area contributed by atoms with E-state index in [0.29, 0.717) is 5.56 Å². The van der Waals surface area contributed by atoms with Crippen molar-refractivity contribution in [3.8, 4) is 0 Å². The number of esters is 1. The largest absolute Gasteiger partial charge is 0.465 e. The first-order valence-corrected chi connectivity index (χ1v) is 6.26. The second-order valence-electron chi connectivity index (χ2n) is 4.60. The summed E-state index contributed by atoms with van der Waals surface area (Å²) in [4.78, 5) is 23.4. The predicted molar refractivity (Wildman–Crippen MR) is 73.4 cm³/mol. The minimum atomic E-state index is -0.641. The van der Waals surface area contributed by atoms with Gasteiger partial charge in [-0.05, 0) is 32.3 Å². The van der Waals surface area contributed by atoms with E-state index < -0.39 is 17.7 Å². The summed E-state index contributed by atoms with van der Waals surface area (Å²) in [6.45, 7) is 8.85. The third-order valence-electron chi connectivity index (χ3n) is 1.92. The highest BCUT2D eigenvalue weighted by Crippen LogP contribution is 2.25. The van der Waals surface area contributed by atoms with Gasteiger partial charge in [-0.1, -0.05) is 12.7 Å². The van der Waals surface area contributed by atoms with Crippen LogP contribution in [-0.4, -0.2) is 29.1 Å². The lowest BCUT2D eigenvalue weighted by Gasteiger charge is -2.19. The summed E-state index contributed by atoms with van der Waals surface area (Å²) in [5, 5.41) is 2.48. The van der Waals surface area contributed by atoms with Crippen molar-refractivity contribution >= 4 is 35.5 Å². The van der Waals surface area contributed by atoms with Crippen molar-refractivity contribution in [3.05, 3.63) is 17.0 Å². The van der Waals surface area contributed by atoms with E-state index in [4.69, 9.17) is 4.74 Å². The van der Waals surface area contributed by atoms with E-state index in [1.54, 1.807) is 20.8 Å². The van der Waals surface area contributed by atoms with Crippen LogP contribution in [-0.2, 0) is 9.47 Å². The maximum absolute atomic E-state index is 11.6. The van der Waals surface area contributed by atoms with Crippen molar-refractivity contribution < 1.29 is 19.1 Å². The van der Waals surface area contributed by atoms with Gasteiger partial charge in [-0.3, -0.25) is 5.32 Å². The summed E-state index contributed by atoms with van der Waals surface area (Å²) >= 11 is 0.927. The topological polar surface area (TPSA) is 77.5 Å². The summed E-state index contributed by atoms with van der Waals surface area (Å²) < 4.78 is 13.7. The highest BCUT2D eigenvalue weighted by molar-refractivity contribution is 7.08. The zero-order valence-corrected chi connectivity index (χ0v) is 12.1. The zero-order chi connectivity index (χ0) is 14.6. The number of nitrogens with one attached hydrogen (secondary N) is 1. The lowest BCUT2D eigenvalue weighted by atomic mass is 10.2. The molecule has 19 heavy (non-hydrogen) atoms. The molecule has 0 aliphatic carbocycles. The fraction of sp³-hybridized carbons (Fsp3) is 0.417. The van der Waals surface area contributed by atoms with E-state index >= 15 is 0 Å². The number of ether oxygens (including phenoxy) is 2. The summed E-state index contributed by atoms with van der Waals surface area (Å²) in [6.07, 6.45) is 0.792. The van der Waals surface area contributed by atoms with Crippen LogP contribution >= 0.6 is 11.5 Å². The molecule has 1 heterocycles. The van der Waals surface area contributed by atoms with Gasteiger partial charge < -0.3 is 9.47 Å². The van der Waals surface area contributed by atoms with Crippen molar-refractivity contribution in [1.29, 1.82) is 0 Å². The van der Waals surface area contributed by atoms with Crippen LogP contribution in [0.25, 0.3) is 6.08 Å². The molecular weight excluding hydrogens is 268 g/mol. The smallest absolute Gasteiger partial charge is 0.413 e. The number of carbonyl (C=O) groups is 2. The molecule has 0 aromatic carbocycles. The maximum Gasteiger partial charge on any atom is 0.413 e. The van der Waals surface area contributed by atoms with Gasteiger partial charge in [0, 0.05) is 5.56 Å². The number of hydrogen-bond donors (Lipinski definition) is 1. The van der Waals surface area contributed by atoms with Gasteiger partial charge in [0.2, 0.25) is 0 Å². The number of methoxy groups -OCH3 is 1. The second-order valence-corrected chi connectivity index (χ2v) is 5.37. The van der Waals surface area contributed by atoms with Gasteiger partial charge in [-0.25, -0.2) is 9.59 Å². The molecular formula is C12H16N2O4S. The number of rotatable bonds is 3. The van der Waals surface area contributed by atoms with E-state index in [-0.39, 0.29) is 10.7 Å². The molecule has 0 aliphatic heterocycles.